The Morgan fingerprint density at radius 2 is 1.59 bits per heavy atom. The highest BCUT2D eigenvalue weighted by Gasteiger charge is 2.22. The molecule has 0 radical (unpaired) electrons. The molecule has 0 aliphatic carbocycles. The lowest BCUT2D eigenvalue weighted by Crippen LogP contribution is -2.42. The molecule has 2 aromatic heterocycles. The standard InChI is InChI=1S/C29H22FN3O4/c30-21-10-7-20-8-11-22(31-26(20)16-21)17-37-23-12-5-18(6-13-23)15-27(29(35)36)33-28(34)25-14-9-19-3-1-2-4-24(19)32-25/h1-14,16,27H,15,17H2,(H,33,34)(H,35,36). The number of hydrogen-bond acceptors (Lipinski definition) is 5. The van der Waals surface area contributed by atoms with E-state index in [9.17, 15) is 19.1 Å². The first-order valence-electron chi connectivity index (χ1n) is 11.6. The number of hydrogen-bond donors (Lipinski definition) is 2. The maximum atomic E-state index is 13.5. The summed E-state index contributed by atoms with van der Waals surface area (Å²) in [5.74, 6) is -1.48. The average Bonchev–Trinajstić information content (AvgIpc) is 2.91. The van der Waals surface area contributed by atoms with E-state index in [4.69, 9.17) is 4.74 Å². The molecule has 3 aromatic carbocycles. The van der Waals surface area contributed by atoms with Gasteiger partial charge in [0, 0.05) is 23.3 Å². The summed E-state index contributed by atoms with van der Waals surface area (Å²) < 4.78 is 19.3. The highest BCUT2D eigenvalue weighted by Crippen LogP contribution is 2.18. The van der Waals surface area contributed by atoms with Gasteiger partial charge in [0.05, 0.1) is 16.7 Å². The number of aliphatic carboxylic acids is 1. The first kappa shape index (κ1) is 23.9. The van der Waals surface area contributed by atoms with Gasteiger partial charge < -0.3 is 15.2 Å². The highest BCUT2D eigenvalue weighted by molar-refractivity contribution is 5.97. The first-order valence-corrected chi connectivity index (χ1v) is 11.6. The van der Waals surface area contributed by atoms with Crippen LogP contribution in [-0.2, 0) is 17.8 Å². The molecule has 0 fully saturated rings. The number of pyridine rings is 2. The van der Waals surface area contributed by atoms with Gasteiger partial charge in [-0.25, -0.2) is 19.2 Å². The predicted octanol–water partition coefficient (Wildman–Crippen LogP) is 4.93. The quantitative estimate of drug-likeness (QED) is 0.317. The molecule has 8 heteroatoms. The number of nitrogens with one attached hydrogen (secondary N) is 1. The minimum atomic E-state index is -1.15. The zero-order chi connectivity index (χ0) is 25.8. The molecule has 2 N–H and O–H groups in total. The molecule has 1 amide bonds. The number of ether oxygens (including phenoxy) is 1. The predicted molar refractivity (Wildman–Crippen MR) is 137 cm³/mol. The molecule has 5 rings (SSSR count). The number of fused-ring (bicyclic) bond motifs is 2. The minimum absolute atomic E-state index is 0.0900. The van der Waals surface area contributed by atoms with Crippen LogP contribution in [0.1, 0.15) is 21.7 Å². The number of para-hydroxylation sites is 1. The van der Waals surface area contributed by atoms with E-state index < -0.39 is 17.9 Å². The smallest absolute Gasteiger partial charge is 0.326 e. The molecule has 0 aliphatic heterocycles. The van der Waals surface area contributed by atoms with Crippen LogP contribution in [0.5, 0.6) is 5.75 Å². The van der Waals surface area contributed by atoms with Crippen LogP contribution < -0.4 is 10.1 Å². The van der Waals surface area contributed by atoms with Crippen molar-refractivity contribution in [3.8, 4) is 5.75 Å². The van der Waals surface area contributed by atoms with Crippen LogP contribution in [0.2, 0.25) is 0 Å². The molecular weight excluding hydrogens is 473 g/mol. The largest absolute Gasteiger partial charge is 0.487 e. The van der Waals surface area contributed by atoms with Gasteiger partial charge in [0.25, 0.3) is 5.91 Å². The molecule has 1 unspecified atom stereocenters. The van der Waals surface area contributed by atoms with Crippen molar-refractivity contribution in [3.63, 3.8) is 0 Å². The fourth-order valence-corrected chi connectivity index (χ4v) is 3.95. The van der Waals surface area contributed by atoms with Gasteiger partial charge in [-0.15, -0.1) is 0 Å². The maximum Gasteiger partial charge on any atom is 0.326 e. The van der Waals surface area contributed by atoms with E-state index in [1.807, 2.05) is 30.3 Å². The number of benzene rings is 3. The van der Waals surface area contributed by atoms with Crippen molar-refractivity contribution >= 4 is 33.7 Å². The third-order valence-corrected chi connectivity index (χ3v) is 5.90. The number of carbonyl (C=O) groups excluding carboxylic acids is 1. The number of amides is 1. The van der Waals surface area contributed by atoms with Crippen molar-refractivity contribution in [2.45, 2.75) is 19.1 Å². The van der Waals surface area contributed by atoms with Crippen LogP contribution >= 0.6 is 0 Å². The second kappa shape index (κ2) is 10.4. The van der Waals surface area contributed by atoms with Crippen molar-refractivity contribution in [3.05, 3.63) is 114 Å². The second-order valence-corrected chi connectivity index (χ2v) is 8.53. The Morgan fingerprint density at radius 1 is 0.865 bits per heavy atom. The van der Waals surface area contributed by atoms with Gasteiger partial charge in [0.15, 0.2) is 0 Å². The number of carboxylic acid groups (broad SMARTS) is 1. The highest BCUT2D eigenvalue weighted by atomic mass is 19.1. The molecule has 0 bridgehead atoms. The van der Waals surface area contributed by atoms with Crippen molar-refractivity contribution in [2.75, 3.05) is 0 Å². The Kier molecular flexibility index (Phi) is 6.72. The lowest BCUT2D eigenvalue weighted by Gasteiger charge is -2.15. The summed E-state index contributed by atoms with van der Waals surface area (Å²) in [6, 6.07) is 24.7. The summed E-state index contributed by atoms with van der Waals surface area (Å²) >= 11 is 0. The van der Waals surface area contributed by atoms with E-state index in [1.54, 1.807) is 48.5 Å². The number of carbonyl (C=O) groups is 2. The Bertz CT molecular complexity index is 1600. The summed E-state index contributed by atoms with van der Waals surface area (Å²) in [4.78, 5) is 33.3. The van der Waals surface area contributed by atoms with E-state index >= 15 is 0 Å². The Labute approximate surface area is 211 Å². The molecule has 37 heavy (non-hydrogen) atoms. The topological polar surface area (TPSA) is 101 Å². The van der Waals surface area contributed by atoms with Crippen LogP contribution in [0.25, 0.3) is 21.8 Å². The Morgan fingerprint density at radius 3 is 2.41 bits per heavy atom. The summed E-state index contributed by atoms with van der Waals surface area (Å²) in [6.07, 6.45) is 0.0900. The first-order chi connectivity index (χ1) is 17.9. The van der Waals surface area contributed by atoms with Crippen LogP contribution in [0.4, 0.5) is 4.39 Å². The molecule has 0 spiro atoms. The number of carboxylic acids is 1. The van der Waals surface area contributed by atoms with E-state index in [2.05, 4.69) is 15.3 Å². The van der Waals surface area contributed by atoms with Crippen molar-refractivity contribution in [2.24, 2.45) is 0 Å². The summed E-state index contributed by atoms with van der Waals surface area (Å²) in [5, 5.41) is 14.0. The molecule has 5 aromatic rings. The van der Waals surface area contributed by atoms with Gasteiger partial charge >= 0.3 is 5.97 Å². The number of aromatic nitrogens is 2. The van der Waals surface area contributed by atoms with E-state index in [0.717, 1.165) is 10.8 Å². The van der Waals surface area contributed by atoms with Crippen LogP contribution in [0, 0.1) is 5.82 Å². The molecule has 184 valence electrons. The van der Waals surface area contributed by atoms with Crippen molar-refractivity contribution < 1.29 is 23.8 Å². The number of nitrogens with zero attached hydrogens (tertiary/aromatic N) is 2. The van der Waals surface area contributed by atoms with Gasteiger partial charge in [-0.3, -0.25) is 4.79 Å². The normalized spacial score (nSPS) is 11.8. The number of rotatable bonds is 8. The molecule has 1 atom stereocenters. The van der Waals surface area contributed by atoms with Crippen LogP contribution in [0.15, 0.2) is 91.0 Å². The van der Waals surface area contributed by atoms with Crippen LogP contribution in [0.3, 0.4) is 0 Å². The Hall–Kier alpha value is -4.85. The van der Waals surface area contributed by atoms with Gasteiger partial charge in [0.1, 0.15) is 29.9 Å². The van der Waals surface area contributed by atoms with Crippen LogP contribution in [-0.4, -0.2) is 33.0 Å². The molecule has 0 aliphatic rings. The molecule has 0 saturated heterocycles. The molecule has 7 nitrogen and oxygen atoms in total. The SMILES string of the molecule is O=C(NC(Cc1ccc(OCc2ccc3ccc(F)cc3n2)cc1)C(=O)O)c1ccc2ccccc2n1. The monoisotopic (exact) mass is 495 g/mol. The second-order valence-electron chi connectivity index (χ2n) is 8.53. The van der Waals surface area contributed by atoms with Gasteiger partial charge in [-0.1, -0.05) is 42.5 Å². The molecule has 0 saturated carbocycles. The summed E-state index contributed by atoms with van der Waals surface area (Å²) in [5.41, 5.74) is 2.73. The lowest BCUT2D eigenvalue weighted by molar-refractivity contribution is -0.139. The Balaban J connectivity index is 1.21. The molecular formula is C29H22FN3O4. The van der Waals surface area contributed by atoms with Gasteiger partial charge in [-0.05, 0) is 48.0 Å². The summed E-state index contributed by atoms with van der Waals surface area (Å²) in [6.45, 7) is 0.193. The average molecular weight is 496 g/mol. The third kappa shape index (κ3) is 5.70. The fourth-order valence-electron chi connectivity index (χ4n) is 3.95. The van der Waals surface area contributed by atoms with Crippen molar-refractivity contribution in [1.82, 2.24) is 15.3 Å². The van der Waals surface area contributed by atoms with Gasteiger partial charge in [0.2, 0.25) is 0 Å². The zero-order valence-corrected chi connectivity index (χ0v) is 19.6. The third-order valence-electron chi connectivity index (χ3n) is 5.90. The van der Waals surface area contributed by atoms with E-state index in [1.165, 1.54) is 12.1 Å². The van der Waals surface area contributed by atoms with Gasteiger partial charge in [-0.2, -0.15) is 0 Å². The number of halogens is 1. The minimum Gasteiger partial charge on any atom is -0.487 e. The lowest BCUT2D eigenvalue weighted by atomic mass is 10.1. The fraction of sp³-hybridized carbons (Fsp3) is 0.103. The van der Waals surface area contributed by atoms with E-state index in [0.29, 0.717) is 28.0 Å². The zero-order valence-electron chi connectivity index (χ0n) is 19.6. The van der Waals surface area contributed by atoms with Crippen molar-refractivity contribution in [1.29, 1.82) is 0 Å². The summed E-state index contributed by atoms with van der Waals surface area (Å²) in [7, 11) is 0. The maximum absolute atomic E-state index is 13.5. The molecule has 2 heterocycles. The van der Waals surface area contributed by atoms with E-state index in [-0.39, 0.29) is 24.5 Å².